The summed E-state index contributed by atoms with van der Waals surface area (Å²) < 4.78 is 1.42. The number of carbonyl (C=O) groups excluding carboxylic acids is 1. The maximum atomic E-state index is 13.3. The van der Waals surface area contributed by atoms with Gasteiger partial charge in [-0.1, -0.05) is 26.0 Å². The Morgan fingerprint density at radius 1 is 1.14 bits per heavy atom. The first kappa shape index (κ1) is 19.2. The Kier molecular flexibility index (Phi) is 4.86. The van der Waals surface area contributed by atoms with Gasteiger partial charge >= 0.3 is 11.1 Å². The molecule has 1 N–H and O–H groups in total. The van der Waals surface area contributed by atoms with Gasteiger partial charge in [-0.05, 0) is 61.1 Å². The molecule has 6 nitrogen and oxygen atoms in total. The van der Waals surface area contributed by atoms with E-state index in [9.17, 15) is 14.4 Å². The monoisotopic (exact) mass is 391 g/mol. The molecule has 0 spiro atoms. The molecular formula is C23H25N3O3. The first-order chi connectivity index (χ1) is 13.9. The number of carbonyl (C=O) groups is 1. The largest absolute Gasteiger partial charge is 0.316 e. The van der Waals surface area contributed by atoms with Crippen LogP contribution in [0.3, 0.4) is 0 Å². The number of hydrogen-bond donors (Lipinski definition) is 1. The molecule has 0 radical (unpaired) electrons. The van der Waals surface area contributed by atoms with Crippen LogP contribution in [0.25, 0.3) is 11.0 Å². The van der Waals surface area contributed by atoms with Crippen LogP contribution < -0.4 is 16.0 Å². The molecule has 29 heavy (non-hydrogen) atoms. The van der Waals surface area contributed by atoms with Crippen LogP contribution in [0.2, 0.25) is 0 Å². The van der Waals surface area contributed by atoms with Crippen molar-refractivity contribution in [3.8, 4) is 0 Å². The molecule has 1 aliphatic heterocycles. The number of aromatic amines is 1. The Morgan fingerprint density at radius 3 is 2.66 bits per heavy atom. The van der Waals surface area contributed by atoms with Crippen molar-refractivity contribution in [2.24, 2.45) is 0 Å². The lowest BCUT2D eigenvalue weighted by Gasteiger charge is -2.30. The van der Waals surface area contributed by atoms with Gasteiger partial charge in [0.25, 0.3) is 5.91 Å². The Morgan fingerprint density at radius 2 is 1.93 bits per heavy atom. The molecule has 1 aromatic heterocycles. The van der Waals surface area contributed by atoms with Gasteiger partial charge in [-0.15, -0.1) is 0 Å². The summed E-state index contributed by atoms with van der Waals surface area (Å²) in [6.45, 7) is 7.20. The summed E-state index contributed by atoms with van der Waals surface area (Å²) in [6, 6.07) is 11.5. The molecule has 0 saturated carbocycles. The van der Waals surface area contributed by atoms with Gasteiger partial charge in [-0.3, -0.25) is 14.4 Å². The molecule has 2 aromatic carbocycles. The van der Waals surface area contributed by atoms with E-state index >= 15 is 0 Å². The van der Waals surface area contributed by atoms with Crippen LogP contribution in [0, 0.1) is 0 Å². The summed E-state index contributed by atoms with van der Waals surface area (Å²) in [5.74, 6) is 0.347. The number of amides is 1. The number of aryl methyl sites for hydroxylation is 2. The topological polar surface area (TPSA) is 75.2 Å². The smallest absolute Gasteiger partial charge is 0.316 e. The molecule has 1 aliphatic rings. The molecule has 0 saturated heterocycles. The van der Waals surface area contributed by atoms with Crippen molar-refractivity contribution in [2.45, 2.75) is 46.1 Å². The van der Waals surface area contributed by atoms with Crippen molar-refractivity contribution in [3.05, 3.63) is 73.8 Å². The van der Waals surface area contributed by atoms with Gasteiger partial charge in [0.1, 0.15) is 0 Å². The number of hydrogen-bond acceptors (Lipinski definition) is 3. The second-order valence-electron chi connectivity index (χ2n) is 7.84. The summed E-state index contributed by atoms with van der Waals surface area (Å²) in [5.41, 5.74) is 3.79. The van der Waals surface area contributed by atoms with Crippen LogP contribution in [0.15, 0.2) is 46.0 Å². The van der Waals surface area contributed by atoms with E-state index in [-0.39, 0.29) is 5.91 Å². The highest BCUT2D eigenvalue weighted by molar-refractivity contribution is 6.08. The summed E-state index contributed by atoms with van der Waals surface area (Å²) in [6.07, 6.45) is 1.88. The highest BCUT2D eigenvalue weighted by Crippen LogP contribution is 2.31. The number of nitrogens with one attached hydrogen (secondary N) is 1. The van der Waals surface area contributed by atoms with Crippen molar-refractivity contribution in [1.29, 1.82) is 0 Å². The van der Waals surface area contributed by atoms with Gasteiger partial charge in [-0.25, -0.2) is 0 Å². The number of nitrogens with zero attached hydrogens (tertiary/aromatic N) is 2. The van der Waals surface area contributed by atoms with Crippen molar-refractivity contribution >= 4 is 22.6 Å². The molecule has 2 heterocycles. The highest BCUT2D eigenvalue weighted by atomic mass is 16.2. The van der Waals surface area contributed by atoms with E-state index < -0.39 is 11.1 Å². The van der Waals surface area contributed by atoms with E-state index in [1.165, 1.54) is 15.7 Å². The van der Waals surface area contributed by atoms with Crippen LogP contribution in [0.4, 0.5) is 5.69 Å². The molecule has 1 amide bonds. The van der Waals surface area contributed by atoms with Crippen molar-refractivity contribution in [3.63, 3.8) is 0 Å². The average molecular weight is 391 g/mol. The summed E-state index contributed by atoms with van der Waals surface area (Å²) >= 11 is 0. The molecule has 0 atom stereocenters. The zero-order valence-corrected chi connectivity index (χ0v) is 17.0. The van der Waals surface area contributed by atoms with Crippen LogP contribution in [0.1, 0.15) is 54.6 Å². The van der Waals surface area contributed by atoms with E-state index in [1.807, 2.05) is 17.9 Å². The molecule has 0 fully saturated rings. The fourth-order valence-corrected chi connectivity index (χ4v) is 4.07. The molecule has 4 rings (SSSR count). The number of rotatable bonds is 3. The SMILES string of the molecule is CCn1c(=O)c(=O)[nH]c2cc(C(=O)N3CCCc4cc(C(C)C)ccc43)ccc21. The minimum atomic E-state index is -0.673. The summed E-state index contributed by atoms with van der Waals surface area (Å²) in [4.78, 5) is 41.7. The molecule has 0 bridgehead atoms. The first-order valence-corrected chi connectivity index (χ1v) is 10.1. The zero-order chi connectivity index (χ0) is 20.7. The zero-order valence-electron chi connectivity index (χ0n) is 17.0. The normalized spacial score (nSPS) is 13.7. The van der Waals surface area contributed by atoms with E-state index in [1.54, 1.807) is 18.2 Å². The van der Waals surface area contributed by atoms with Gasteiger partial charge in [0.2, 0.25) is 0 Å². The van der Waals surface area contributed by atoms with Crippen molar-refractivity contribution in [2.75, 3.05) is 11.4 Å². The second kappa shape index (κ2) is 7.35. The van der Waals surface area contributed by atoms with E-state index in [4.69, 9.17) is 0 Å². The fourth-order valence-electron chi connectivity index (χ4n) is 4.07. The predicted molar refractivity (Wildman–Crippen MR) is 115 cm³/mol. The Labute approximate surface area is 168 Å². The number of benzene rings is 2. The lowest BCUT2D eigenvalue weighted by Crippen LogP contribution is -2.37. The van der Waals surface area contributed by atoms with Crippen LogP contribution in [0.5, 0.6) is 0 Å². The van der Waals surface area contributed by atoms with Gasteiger partial charge in [-0.2, -0.15) is 0 Å². The fraction of sp³-hybridized carbons (Fsp3) is 0.348. The number of H-pyrrole nitrogens is 1. The summed E-state index contributed by atoms with van der Waals surface area (Å²) in [7, 11) is 0. The lowest BCUT2D eigenvalue weighted by atomic mass is 9.94. The molecular weight excluding hydrogens is 366 g/mol. The van der Waals surface area contributed by atoms with Crippen LogP contribution >= 0.6 is 0 Å². The molecule has 0 unspecified atom stereocenters. The van der Waals surface area contributed by atoms with E-state index in [2.05, 4.69) is 31.0 Å². The third-order valence-corrected chi connectivity index (χ3v) is 5.67. The number of fused-ring (bicyclic) bond motifs is 2. The Bertz CT molecular complexity index is 1220. The van der Waals surface area contributed by atoms with E-state index in [0.717, 1.165) is 18.5 Å². The minimum Gasteiger partial charge on any atom is -0.316 e. The summed E-state index contributed by atoms with van der Waals surface area (Å²) in [5, 5.41) is 0. The molecule has 6 heteroatoms. The maximum absolute atomic E-state index is 13.3. The van der Waals surface area contributed by atoms with Crippen molar-refractivity contribution in [1.82, 2.24) is 9.55 Å². The second-order valence-corrected chi connectivity index (χ2v) is 7.84. The van der Waals surface area contributed by atoms with Gasteiger partial charge in [0, 0.05) is 24.3 Å². The standard InChI is InChI=1S/C23H25N3O3/c1-4-25-20-10-8-17(13-18(20)24-21(27)23(25)29)22(28)26-11-5-6-16-12-15(14(2)3)7-9-19(16)26/h7-10,12-14H,4-6,11H2,1-3H3,(H,24,27). The molecule has 150 valence electrons. The molecule has 0 aliphatic carbocycles. The Hall–Kier alpha value is -3.15. The number of anilines is 1. The molecule has 3 aromatic rings. The lowest BCUT2D eigenvalue weighted by molar-refractivity contribution is 0.0985. The number of aromatic nitrogens is 2. The van der Waals surface area contributed by atoms with Crippen molar-refractivity contribution < 1.29 is 4.79 Å². The average Bonchev–Trinajstić information content (AvgIpc) is 2.73. The van der Waals surface area contributed by atoms with Crippen LogP contribution in [-0.4, -0.2) is 22.0 Å². The third kappa shape index (κ3) is 3.28. The first-order valence-electron chi connectivity index (χ1n) is 10.1. The van der Waals surface area contributed by atoms with Gasteiger partial charge in [0.05, 0.1) is 11.0 Å². The maximum Gasteiger partial charge on any atom is 0.316 e. The van der Waals surface area contributed by atoms with E-state index in [0.29, 0.717) is 35.6 Å². The van der Waals surface area contributed by atoms with Gasteiger partial charge in [0.15, 0.2) is 0 Å². The third-order valence-electron chi connectivity index (χ3n) is 5.67. The Balaban J connectivity index is 1.76. The van der Waals surface area contributed by atoms with Crippen LogP contribution in [-0.2, 0) is 13.0 Å². The predicted octanol–water partition coefficient (Wildman–Crippen LogP) is 3.43. The quantitative estimate of drug-likeness (QED) is 0.695. The highest BCUT2D eigenvalue weighted by Gasteiger charge is 2.24. The van der Waals surface area contributed by atoms with Gasteiger partial charge < -0.3 is 14.5 Å². The minimum absolute atomic E-state index is 0.0970.